The first-order valence-corrected chi connectivity index (χ1v) is 7.93. The molecule has 0 fully saturated rings. The van der Waals surface area contributed by atoms with Gasteiger partial charge in [0.05, 0.1) is 9.85 Å². The summed E-state index contributed by atoms with van der Waals surface area (Å²) < 4.78 is 0. The van der Waals surface area contributed by atoms with Crippen LogP contribution in [0.25, 0.3) is 0 Å². The quantitative estimate of drug-likeness (QED) is 0.396. The van der Waals surface area contributed by atoms with Crippen LogP contribution in [0, 0.1) is 20.2 Å². The van der Waals surface area contributed by atoms with Gasteiger partial charge in [0.2, 0.25) is 11.6 Å². The number of anilines is 3. The van der Waals surface area contributed by atoms with Crippen LogP contribution >= 0.6 is 0 Å². The van der Waals surface area contributed by atoms with Crippen molar-refractivity contribution in [2.45, 2.75) is 0 Å². The topological polar surface area (TPSA) is 178 Å². The van der Waals surface area contributed by atoms with Gasteiger partial charge in [-0.05, 0) is 24.3 Å². The van der Waals surface area contributed by atoms with Gasteiger partial charge in [-0.2, -0.15) is 0 Å². The third-order valence-corrected chi connectivity index (χ3v) is 3.58. The summed E-state index contributed by atoms with van der Waals surface area (Å²) in [5.74, 6) is -1.02. The Labute approximate surface area is 162 Å². The highest BCUT2D eigenvalue weighted by molar-refractivity contribution is 5.95. The van der Waals surface area contributed by atoms with Crippen LogP contribution in [-0.2, 0) is 0 Å². The Morgan fingerprint density at radius 3 is 2.17 bits per heavy atom. The maximum absolute atomic E-state index is 12.2. The Bertz CT molecular complexity index is 1060. The number of pyridine rings is 1. The van der Waals surface area contributed by atoms with Crippen LogP contribution in [0.2, 0.25) is 0 Å². The fourth-order valence-electron chi connectivity index (χ4n) is 2.23. The molecule has 0 saturated heterocycles. The van der Waals surface area contributed by atoms with Gasteiger partial charge in [-0.1, -0.05) is 0 Å². The molecule has 1 aromatic carbocycles. The van der Waals surface area contributed by atoms with Gasteiger partial charge < -0.3 is 5.32 Å². The largest absolute Gasteiger partial charge is 0.355 e. The fourth-order valence-corrected chi connectivity index (χ4v) is 2.23. The van der Waals surface area contributed by atoms with Crippen molar-refractivity contribution in [1.29, 1.82) is 0 Å². The molecule has 3 rings (SSSR count). The molecule has 0 radical (unpaired) electrons. The molecular weight excluding hydrogens is 384 g/mol. The zero-order valence-corrected chi connectivity index (χ0v) is 14.5. The summed E-state index contributed by atoms with van der Waals surface area (Å²) in [6, 6.07) is 8.02. The molecular formula is C16H12N8O5. The van der Waals surface area contributed by atoms with Crippen molar-refractivity contribution in [3.8, 4) is 0 Å². The van der Waals surface area contributed by atoms with Crippen LogP contribution in [0.3, 0.4) is 0 Å². The highest BCUT2D eigenvalue weighted by Crippen LogP contribution is 2.30. The van der Waals surface area contributed by atoms with Gasteiger partial charge in [0.15, 0.2) is 0 Å². The van der Waals surface area contributed by atoms with Gasteiger partial charge in [0.1, 0.15) is 6.33 Å². The van der Waals surface area contributed by atoms with E-state index in [1.807, 2.05) is 0 Å². The van der Waals surface area contributed by atoms with Gasteiger partial charge >= 0.3 is 5.69 Å². The molecule has 0 bridgehead atoms. The zero-order valence-electron chi connectivity index (χ0n) is 14.5. The van der Waals surface area contributed by atoms with Gasteiger partial charge in [-0.15, -0.1) is 0 Å². The van der Waals surface area contributed by atoms with E-state index < -0.39 is 21.4 Å². The molecule has 2 heterocycles. The summed E-state index contributed by atoms with van der Waals surface area (Å²) in [5.41, 5.74) is 4.59. The Morgan fingerprint density at radius 2 is 1.55 bits per heavy atom. The minimum atomic E-state index is -0.704. The van der Waals surface area contributed by atoms with Gasteiger partial charge in [0.25, 0.3) is 11.6 Å². The number of non-ortho nitro benzene ring substituents is 1. The number of rotatable bonds is 7. The summed E-state index contributed by atoms with van der Waals surface area (Å²) in [6.07, 6.45) is 4.08. The molecule has 0 saturated carbocycles. The standard InChI is InChI=1S/C16H12N8O5/c25-16(10-1-3-12(4-2-10)23(26)27)22-21-15-13(24(28)29)14(18-9-19-15)20-11-5-7-17-8-6-11/h1-9H,(H,22,25)(H2,17,18,19,20,21). The maximum Gasteiger partial charge on any atom is 0.355 e. The number of carbonyl (C=O) groups excluding carboxylic acids is 1. The van der Waals surface area contributed by atoms with E-state index in [4.69, 9.17) is 0 Å². The molecule has 13 nitrogen and oxygen atoms in total. The van der Waals surface area contributed by atoms with E-state index in [2.05, 4.69) is 31.1 Å². The highest BCUT2D eigenvalue weighted by atomic mass is 16.6. The van der Waals surface area contributed by atoms with E-state index in [1.54, 1.807) is 12.1 Å². The van der Waals surface area contributed by atoms with E-state index in [9.17, 15) is 25.0 Å². The van der Waals surface area contributed by atoms with Crippen LogP contribution in [0.1, 0.15) is 10.4 Å². The van der Waals surface area contributed by atoms with Crippen molar-refractivity contribution in [1.82, 2.24) is 20.4 Å². The van der Waals surface area contributed by atoms with Crippen molar-refractivity contribution in [2.24, 2.45) is 0 Å². The molecule has 146 valence electrons. The molecule has 0 aliphatic carbocycles. The number of carbonyl (C=O) groups is 1. The maximum atomic E-state index is 12.2. The molecule has 2 aromatic heterocycles. The second-order valence-corrected chi connectivity index (χ2v) is 5.42. The Balaban J connectivity index is 1.78. The molecule has 0 spiro atoms. The summed E-state index contributed by atoms with van der Waals surface area (Å²) in [7, 11) is 0. The monoisotopic (exact) mass is 396 g/mol. The number of amides is 1. The highest BCUT2D eigenvalue weighted by Gasteiger charge is 2.23. The molecule has 1 amide bonds. The predicted octanol–water partition coefficient (Wildman–Crippen LogP) is 2.19. The molecule has 0 aliphatic heterocycles. The second kappa shape index (κ2) is 8.34. The van der Waals surface area contributed by atoms with E-state index in [-0.39, 0.29) is 22.9 Å². The summed E-state index contributed by atoms with van der Waals surface area (Å²) in [6.45, 7) is 0. The van der Waals surface area contributed by atoms with E-state index in [0.29, 0.717) is 5.69 Å². The minimum Gasteiger partial charge on any atom is -0.334 e. The van der Waals surface area contributed by atoms with E-state index >= 15 is 0 Å². The van der Waals surface area contributed by atoms with Crippen molar-refractivity contribution in [3.05, 3.63) is 80.9 Å². The number of aromatic nitrogens is 3. The van der Waals surface area contributed by atoms with Crippen LogP contribution < -0.4 is 16.2 Å². The predicted molar refractivity (Wildman–Crippen MR) is 100 cm³/mol. The number of hydrogen-bond acceptors (Lipinski definition) is 10. The summed E-state index contributed by atoms with van der Waals surface area (Å²) >= 11 is 0. The average molecular weight is 396 g/mol. The Morgan fingerprint density at radius 1 is 0.897 bits per heavy atom. The lowest BCUT2D eigenvalue weighted by Crippen LogP contribution is -2.30. The van der Waals surface area contributed by atoms with Crippen LogP contribution in [-0.4, -0.2) is 30.7 Å². The average Bonchev–Trinajstić information content (AvgIpc) is 2.72. The fraction of sp³-hybridized carbons (Fsp3) is 0. The summed E-state index contributed by atoms with van der Waals surface area (Å²) in [5, 5.41) is 24.9. The number of hydrogen-bond donors (Lipinski definition) is 3. The Hall–Kier alpha value is -4.68. The molecule has 29 heavy (non-hydrogen) atoms. The molecule has 3 N–H and O–H groups in total. The van der Waals surface area contributed by atoms with Crippen LogP contribution in [0.5, 0.6) is 0 Å². The van der Waals surface area contributed by atoms with Crippen molar-refractivity contribution in [2.75, 3.05) is 10.7 Å². The molecule has 0 unspecified atom stereocenters. The Kier molecular flexibility index (Phi) is 5.49. The number of benzene rings is 1. The first kappa shape index (κ1) is 19.1. The first-order valence-electron chi connectivity index (χ1n) is 7.93. The smallest absolute Gasteiger partial charge is 0.334 e. The summed E-state index contributed by atoms with van der Waals surface area (Å²) in [4.78, 5) is 44.5. The molecule has 13 heteroatoms. The lowest BCUT2D eigenvalue weighted by atomic mass is 10.2. The third kappa shape index (κ3) is 4.54. The second-order valence-electron chi connectivity index (χ2n) is 5.42. The first-order chi connectivity index (χ1) is 14.0. The molecule has 0 aliphatic rings. The van der Waals surface area contributed by atoms with Gasteiger partial charge in [-0.3, -0.25) is 40.9 Å². The van der Waals surface area contributed by atoms with Crippen molar-refractivity contribution in [3.63, 3.8) is 0 Å². The minimum absolute atomic E-state index is 0.0942. The van der Waals surface area contributed by atoms with E-state index in [1.165, 1.54) is 36.7 Å². The van der Waals surface area contributed by atoms with Crippen LogP contribution in [0.15, 0.2) is 55.1 Å². The number of nitrogens with zero attached hydrogens (tertiary/aromatic N) is 5. The molecule has 3 aromatic rings. The van der Waals surface area contributed by atoms with Crippen molar-refractivity contribution >= 4 is 34.6 Å². The van der Waals surface area contributed by atoms with Crippen LogP contribution in [0.4, 0.5) is 28.7 Å². The van der Waals surface area contributed by atoms with Gasteiger partial charge in [0, 0.05) is 35.8 Å². The zero-order chi connectivity index (χ0) is 20.8. The van der Waals surface area contributed by atoms with Crippen molar-refractivity contribution < 1.29 is 14.6 Å². The lowest BCUT2D eigenvalue weighted by molar-refractivity contribution is -0.384. The number of nitrogens with one attached hydrogen (secondary N) is 3. The normalized spacial score (nSPS) is 10.1. The molecule has 0 atom stereocenters. The third-order valence-electron chi connectivity index (χ3n) is 3.58. The number of nitro benzene ring substituents is 1. The van der Waals surface area contributed by atoms with E-state index in [0.717, 1.165) is 6.33 Å². The SMILES string of the molecule is O=C(NNc1ncnc(Nc2ccncc2)c1[N+](=O)[O-])c1ccc([N+](=O)[O-])cc1. The van der Waals surface area contributed by atoms with Gasteiger partial charge in [-0.25, -0.2) is 9.97 Å². The number of nitro groups is 2. The number of hydrazine groups is 1. The lowest BCUT2D eigenvalue weighted by Gasteiger charge is -2.10.